The zero-order valence-electron chi connectivity index (χ0n) is 16.9. The van der Waals surface area contributed by atoms with Crippen molar-refractivity contribution in [2.45, 2.75) is 5.54 Å². The standard InChI is InChI=1S/C27H18Br2N2O/c28-20-11-14-22(15-12-20)31-27(19-9-5-2-6-10-19)23-17-21(29)13-16-24(23)30-26(27)25(32)18-7-3-1-4-8-18/h1-17,31H. The van der Waals surface area contributed by atoms with E-state index >= 15 is 0 Å². The van der Waals surface area contributed by atoms with Gasteiger partial charge in [-0.05, 0) is 48.0 Å². The highest BCUT2D eigenvalue weighted by molar-refractivity contribution is 9.10. The predicted octanol–water partition coefficient (Wildman–Crippen LogP) is 7.54. The number of aliphatic imine (C=N–C) groups is 1. The molecule has 0 aliphatic carbocycles. The lowest BCUT2D eigenvalue weighted by Crippen LogP contribution is -2.46. The van der Waals surface area contributed by atoms with Crippen molar-refractivity contribution in [3.05, 3.63) is 129 Å². The fourth-order valence-corrected chi connectivity index (χ4v) is 4.74. The lowest BCUT2D eigenvalue weighted by Gasteiger charge is -2.34. The summed E-state index contributed by atoms with van der Waals surface area (Å²) in [6.45, 7) is 0. The first-order valence-electron chi connectivity index (χ1n) is 10.2. The zero-order valence-corrected chi connectivity index (χ0v) is 20.1. The molecule has 4 aromatic rings. The van der Waals surface area contributed by atoms with Gasteiger partial charge in [0.2, 0.25) is 5.78 Å². The van der Waals surface area contributed by atoms with Crippen LogP contribution in [0.4, 0.5) is 11.4 Å². The van der Waals surface area contributed by atoms with Crippen molar-refractivity contribution in [1.82, 2.24) is 0 Å². The van der Waals surface area contributed by atoms with E-state index in [-0.39, 0.29) is 5.78 Å². The Morgan fingerprint density at radius 2 is 1.38 bits per heavy atom. The molecule has 0 bridgehead atoms. The van der Waals surface area contributed by atoms with Gasteiger partial charge in [0.25, 0.3) is 0 Å². The summed E-state index contributed by atoms with van der Waals surface area (Å²) in [5, 5.41) is 3.69. The predicted molar refractivity (Wildman–Crippen MR) is 137 cm³/mol. The molecular weight excluding hydrogens is 528 g/mol. The maximum atomic E-state index is 13.8. The van der Waals surface area contributed by atoms with E-state index in [1.54, 1.807) is 0 Å². The van der Waals surface area contributed by atoms with E-state index in [0.29, 0.717) is 11.3 Å². The molecule has 0 saturated heterocycles. The third-order valence-electron chi connectivity index (χ3n) is 5.58. The number of anilines is 1. The fraction of sp³-hybridized carbons (Fsp3) is 0.0370. The number of Topliss-reactive ketones (excluding diaryl/α,β-unsaturated/α-hetero) is 1. The number of nitrogens with zero attached hydrogens (tertiary/aromatic N) is 1. The van der Waals surface area contributed by atoms with Gasteiger partial charge in [0.1, 0.15) is 11.3 Å². The first kappa shape index (κ1) is 20.9. The van der Waals surface area contributed by atoms with Gasteiger partial charge in [0.05, 0.1) is 5.69 Å². The molecule has 0 aromatic heterocycles. The molecule has 1 atom stereocenters. The van der Waals surface area contributed by atoms with Crippen LogP contribution in [-0.2, 0) is 5.54 Å². The van der Waals surface area contributed by atoms with Gasteiger partial charge in [-0.1, -0.05) is 92.5 Å². The van der Waals surface area contributed by atoms with Gasteiger partial charge < -0.3 is 5.32 Å². The number of nitrogens with one attached hydrogen (secondary N) is 1. The minimum absolute atomic E-state index is 0.105. The molecular formula is C27H18Br2N2O. The number of halogens is 2. The van der Waals surface area contributed by atoms with Crippen LogP contribution in [0.5, 0.6) is 0 Å². The Labute approximate surface area is 203 Å². The van der Waals surface area contributed by atoms with Crippen LogP contribution in [-0.4, -0.2) is 11.5 Å². The van der Waals surface area contributed by atoms with Crippen LogP contribution >= 0.6 is 31.9 Å². The minimum Gasteiger partial charge on any atom is -0.366 e. The van der Waals surface area contributed by atoms with Crippen LogP contribution in [0.1, 0.15) is 21.5 Å². The Bertz CT molecular complexity index is 1320. The van der Waals surface area contributed by atoms with Gasteiger partial charge in [-0.2, -0.15) is 0 Å². The molecule has 1 unspecified atom stereocenters. The summed E-state index contributed by atoms with van der Waals surface area (Å²) >= 11 is 7.12. The summed E-state index contributed by atoms with van der Waals surface area (Å²) in [5.41, 5.74) is 3.66. The van der Waals surface area contributed by atoms with Crippen molar-refractivity contribution in [2.75, 3.05) is 5.32 Å². The van der Waals surface area contributed by atoms with Crippen molar-refractivity contribution in [2.24, 2.45) is 4.99 Å². The Morgan fingerprint density at radius 1 is 0.750 bits per heavy atom. The molecule has 1 N–H and O–H groups in total. The number of carbonyl (C=O) groups excluding carboxylic acids is 1. The Kier molecular flexibility index (Phi) is 5.53. The Balaban J connectivity index is 1.78. The average molecular weight is 546 g/mol. The molecule has 3 nitrogen and oxygen atoms in total. The molecule has 5 rings (SSSR count). The summed E-state index contributed by atoms with van der Waals surface area (Å²) in [6, 6.07) is 33.2. The van der Waals surface area contributed by atoms with Crippen LogP contribution in [0.2, 0.25) is 0 Å². The van der Waals surface area contributed by atoms with Crippen molar-refractivity contribution in [3.8, 4) is 0 Å². The topological polar surface area (TPSA) is 41.5 Å². The summed E-state index contributed by atoms with van der Waals surface area (Å²) in [5.74, 6) is -0.105. The number of hydrogen-bond acceptors (Lipinski definition) is 3. The highest BCUT2D eigenvalue weighted by atomic mass is 79.9. The van der Waals surface area contributed by atoms with E-state index in [2.05, 4.69) is 37.2 Å². The molecule has 1 heterocycles. The minimum atomic E-state index is -0.943. The third kappa shape index (κ3) is 3.61. The second-order valence-corrected chi connectivity index (χ2v) is 9.40. The molecule has 156 valence electrons. The van der Waals surface area contributed by atoms with Gasteiger partial charge in [0.15, 0.2) is 0 Å². The van der Waals surface area contributed by atoms with E-state index in [0.717, 1.165) is 31.4 Å². The number of fused-ring (bicyclic) bond motifs is 1. The van der Waals surface area contributed by atoms with Gasteiger partial charge in [-0.15, -0.1) is 0 Å². The first-order valence-corrected chi connectivity index (χ1v) is 11.7. The average Bonchev–Trinajstić information content (AvgIpc) is 3.15. The number of carbonyl (C=O) groups is 1. The molecule has 0 saturated carbocycles. The largest absolute Gasteiger partial charge is 0.366 e. The number of hydrogen-bond donors (Lipinski definition) is 1. The van der Waals surface area contributed by atoms with Gasteiger partial charge in [-0.3, -0.25) is 4.79 Å². The highest BCUT2D eigenvalue weighted by Crippen LogP contribution is 2.47. The van der Waals surface area contributed by atoms with Crippen molar-refractivity contribution in [3.63, 3.8) is 0 Å². The number of ketones is 1. The molecule has 5 heteroatoms. The van der Waals surface area contributed by atoms with Crippen LogP contribution in [0.3, 0.4) is 0 Å². The van der Waals surface area contributed by atoms with E-state index in [1.165, 1.54) is 0 Å². The fourth-order valence-electron chi connectivity index (χ4n) is 4.11. The normalized spacial score (nSPS) is 16.9. The molecule has 0 amide bonds. The van der Waals surface area contributed by atoms with E-state index in [1.807, 2.05) is 103 Å². The second-order valence-electron chi connectivity index (χ2n) is 7.56. The van der Waals surface area contributed by atoms with Crippen molar-refractivity contribution in [1.29, 1.82) is 0 Å². The summed E-state index contributed by atoms with van der Waals surface area (Å²) in [4.78, 5) is 18.7. The Morgan fingerprint density at radius 3 is 2.06 bits per heavy atom. The van der Waals surface area contributed by atoms with Crippen LogP contribution < -0.4 is 5.32 Å². The third-order valence-corrected chi connectivity index (χ3v) is 6.61. The Hall–Kier alpha value is -3.02. The summed E-state index contributed by atoms with van der Waals surface area (Å²) in [6.07, 6.45) is 0. The highest BCUT2D eigenvalue weighted by Gasteiger charge is 2.48. The maximum Gasteiger partial charge on any atom is 0.210 e. The van der Waals surface area contributed by atoms with Crippen LogP contribution in [0.25, 0.3) is 0 Å². The summed E-state index contributed by atoms with van der Waals surface area (Å²) < 4.78 is 1.92. The quantitative estimate of drug-likeness (QED) is 0.263. The monoisotopic (exact) mass is 544 g/mol. The molecule has 32 heavy (non-hydrogen) atoms. The lowest BCUT2D eigenvalue weighted by atomic mass is 9.77. The first-order chi connectivity index (χ1) is 15.6. The molecule has 4 aromatic carbocycles. The SMILES string of the molecule is O=C(C1=Nc2ccc(Br)cc2C1(Nc1ccc(Br)cc1)c1ccccc1)c1ccccc1. The van der Waals surface area contributed by atoms with Gasteiger partial charge in [-0.25, -0.2) is 4.99 Å². The maximum absolute atomic E-state index is 13.8. The van der Waals surface area contributed by atoms with Crippen molar-refractivity contribution >= 4 is 54.7 Å². The molecule has 0 fully saturated rings. The molecule has 1 aliphatic rings. The molecule has 0 radical (unpaired) electrons. The number of benzene rings is 4. The van der Waals surface area contributed by atoms with Crippen LogP contribution in [0.15, 0.2) is 117 Å². The summed E-state index contributed by atoms with van der Waals surface area (Å²) in [7, 11) is 0. The van der Waals surface area contributed by atoms with Crippen molar-refractivity contribution < 1.29 is 4.79 Å². The van der Waals surface area contributed by atoms with E-state index in [9.17, 15) is 4.79 Å². The number of rotatable bonds is 5. The van der Waals surface area contributed by atoms with E-state index < -0.39 is 5.54 Å². The van der Waals surface area contributed by atoms with Gasteiger partial charge in [0, 0.05) is 25.8 Å². The molecule has 1 aliphatic heterocycles. The van der Waals surface area contributed by atoms with Crippen LogP contribution in [0, 0.1) is 0 Å². The zero-order chi connectivity index (χ0) is 22.1. The van der Waals surface area contributed by atoms with E-state index in [4.69, 9.17) is 4.99 Å². The molecule has 0 spiro atoms. The smallest absolute Gasteiger partial charge is 0.210 e. The van der Waals surface area contributed by atoms with Gasteiger partial charge >= 0.3 is 0 Å². The second kappa shape index (κ2) is 8.49. The lowest BCUT2D eigenvalue weighted by molar-refractivity contribution is 0.106.